The molecule has 1 saturated heterocycles. The molecule has 0 aliphatic carbocycles. The molecular weight excluding hydrogens is 588 g/mol. The highest BCUT2D eigenvalue weighted by Crippen LogP contribution is 2.31. The number of ether oxygens (including phenoxy) is 7. The second-order valence-electron chi connectivity index (χ2n) is 9.46. The molecule has 1 aromatic heterocycles. The molecule has 2 aromatic rings. The fraction of sp³-hybridized carbons (Fsp3) is 0.481. The molecule has 0 saturated carbocycles. The maximum Gasteiger partial charge on any atom is 0.303 e. The highest BCUT2D eigenvalue weighted by molar-refractivity contribution is 5.91. The van der Waals surface area contributed by atoms with E-state index in [2.05, 4.69) is 20.7 Å². The monoisotopic (exact) mass is 620 g/mol. The third-order valence-electron chi connectivity index (χ3n) is 5.78. The lowest BCUT2D eigenvalue weighted by Gasteiger charge is -2.43. The van der Waals surface area contributed by atoms with E-state index in [9.17, 15) is 28.8 Å². The van der Waals surface area contributed by atoms with E-state index in [4.69, 9.17) is 33.2 Å². The van der Waals surface area contributed by atoms with Crippen molar-refractivity contribution >= 4 is 41.4 Å². The van der Waals surface area contributed by atoms with Gasteiger partial charge < -0.3 is 38.5 Å². The first kappa shape index (κ1) is 33.4. The molecule has 3 rings (SSSR count). The smallest absolute Gasteiger partial charge is 0.303 e. The van der Waals surface area contributed by atoms with E-state index in [1.54, 1.807) is 0 Å². The van der Waals surface area contributed by atoms with Crippen LogP contribution in [0.3, 0.4) is 0 Å². The molecule has 17 heteroatoms. The molecule has 44 heavy (non-hydrogen) atoms. The van der Waals surface area contributed by atoms with Crippen molar-refractivity contribution in [2.24, 2.45) is 0 Å². The van der Waals surface area contributed by atoms with Gasteiger partial charge in [0.15, 0.2) is 18.3 Å². The fourth-order valence-corrected chi connectivity index (χ4v) is 4.19. The van der Waals surface area contributed by atoms with Crippen molar-refractivity contribution in [1.29, 1.82) is 0 Å². The average Bonchev–Trinajstić information content (AvgIpc) is 3.46. The summed E-state index contributed by atoms with van der Waals surface area (Å²) >= 11 is 0. The average molecular weight is 621 g/mol. The van der Waals surface area contributed by atoms with Crippen LogP contribution in [0.5, 0.6) is 5.75 Å². The van der Waals surface area contributed by atoms with Crippen molar-refractivity contribution in [2.45, 2.75) is 77.8 Å². The van der Waals surface area contributed by atoms with Crippen molar-refractivity contribution in [1.82, 2.24) is 15.4 Å². The quantitative estimate of drug-likeness (QED) is 0.249. The molecule has 1 fully saturated rings. The van der Waals surface area contributed by atoms with Gasteiger partial charge in [-0.2, -0.15) is 15.4 Å². The number of esters is 5. The van der Waals surface area contributed by atoms with Crippen molar-refractivity contribution in [3.63, 3.8) is 0 Å². The summed E-state index contributed by atoms with van der Waals surface area (Å²) < 4.78 is 38.2. The van der Waals surface area contributed by atoms with Crippen LogP contribution in [0.25, 0.3) is 0 Å². The van der Waals surface area contributed by atoms with Crippen LogP contribution < -0.4 is 10.1 Å². The number of anilines is 1. The summed E-state index contributed by atoms with van der Waals surface area (Å²) in [6.07, 6.45) is -6.62. The van der Waals surface area contributed by atoms with Crippen LogP contribution in [0.15, 0.2) is 30.5 Å². The number of carbonyl (C=O) groups excluding carboxylic acids is 6. The third kappa shape index (κ3) is 10.0. The maximum atomic E-state index is 12.7. The molecule has 1 unspecified atom stereocenters. The van der Waals surface area contributed by atoms with Gasteiger partial charge in [0.05, 0.1) is 12.6 Å². The molecule has 0 bridgehead atoms. The highest BCUT2D eigenvalue weighted by atomic mass is 16.7. The Balaban J connectivity index is 1.79. The largest absolute Gasteiger partial charge is 0.463 e. The number of amides is 1. The number of hydrogen-bond donors (Lipinski definition) is 2. The van der Waals surface area contributed by atoms with Gasteiger partial charge in [0, 0.05) is 40.3 Å². The topological polar surface area (TPSA) is 221 Å². The summed E-state index contributed by atoms with van der Waals surface area (Å²) in [6, 6.07) is 5.92. The van der Waals surface area contributed by atoms with Crippen LogP contribution in [-0.4, -0.2) is 88.5 Å². The van der Waals surface area contributed by atoms with Gasteiger partial charge in [0.2, 0.25) is 18.3 Å². The maximum absolute atomic E-state index is 12.7. The lowest BCUT2D eigenvalue weighted by atomic mass is 9.98. The highest BCUT2D eigenvalue weighted by Gasteiger charge is 2.53. The summed E-state index contributed by atoms with van der Waals surface area (Å²) in [5, 5.41) is 12.6. The predicted octanol–water partition coefficient (Wildman–Crippen LogP) is 0.900. The number of H-pyrrole nitrogens is 1. The zero-order chi connectivity index (χ0) is 32.4. The summed E-state index contributed by atoms with van der Waals surface area (Å²) in [7, 11) is 0. The number of nitrogens with zero attached hydrogens (tertiary/aromatic N) is 2. The molecule has 1 aromatic carbocycles. The summed E-state index contributed by atoms with van der Waals surface area (Å²) in [5.41, 5.74) is 0.620. The van der Waals surface area contributed by atoms with Crippen LogP contribution in [0.2, 0.25) is 0 Å². The van der Waals surface area contributed by atoms with Gasteiger partial charge in [-0.3, -0.25) is 28.8 Å². The zero-order valence-corrected chi connectivity index (χ0v) is 24.5. The lowest BCUT2D eigenvalue weighted by Crippen LogP contribution is -2.63. The molecule has 1 aliphatic rings. The Morgan fingerprint density at radius 3 is 2.00 bits per heavy atom. The molecule has 6 atom stereocenters. The molecule has 238 valence electrons. The third-order valence-corrected chi connectivity index (χ3v) is 5.78. The Bertz CT molecular complexity index is 1330. The minimum atomic E-state index is -1.43. The molecule has 0 radical (unpaired) electrons. The van der Waals surface area contributed by atoms with Crippen molar-refractivity contribution in [3.05, 3.63) is 36.2 Å². The van der Waals surface area contributed by atoms with Crippen molar-refractivity contribution in [2.75, 3.05) is 11.9 Å². The summed E-state index contributed by atoms with van der Waals surface area (Å²) in [6.45, 7) is 5.28. The molecule has 1 aliphatic heterocycles. The second-order valence-corrected chi connectivity index (χ2v) is 9.46. The lowest BCUT2D eigenvalue weighted by molar-refractivity contribution is -0.288. The van der Waals surface area contributed by atoms with Crippen molar-refractivity contribution < 1.29 is 61.9 Å². The molecular formula is C27H32N4O13. The van der Waals surface area contributed by atoms with Gasteiger partial charge >= 0.3 is 29.8 Å². The predicted molar refractivity (Wildman–Crippen MR) is 143 cm³/mol. The summed E-state index contributed by atoms with van der Waals surface area (Å²) in [4.78, 5) is 71.5. The van der Waals surface area contributed by atoms with Gasteiger partial charge in [-0.25, -0.2) is 0 Å². The first-order valence-corrected chi connectivity index (χ1v) is 13.2. The standard InChI is InChI=1S/C27H32N4O13/c1-13(32)38-12-22-24(40-15(3)34)25(41-16(4)35)26(42-17(5)36)27(44-22)43-19-8-6-18(7-9-19)29-23(37)10-21(39-14(2)33)20-11-28-31-30-20/h6-9,11,21-22,24-27H,10,12H2,1-5H3,(H,29,37)(H,28,30,31)/t21?,22-,24+,25+,26-,27+/m1/s1. The van der Waals surface area contributed by atoms with Gasteiger partial charge in [-0.15, -0.1) is 0 Å². The fourth-order valence-electron chi connectivity index (χ4n) is 4.19. The Morgan fingerprint density at radius 1 is 0.841 bits per heavy atom. The second kappa shape index (κ2) is 15.4. The van der Waals surface area contributed by atoms with Crippen LogP contribution in [0, 0.1) is 0 Å². The first-order chi connectivity index (χ1) is 20.8. The zero-order valence-electron chi connectivity index (χ0n) is 24.5. The van der Waals surface area contributed by atoms with E-state index in [-0.39, 0.29) is 17.9 Å². The van der Waals surface area contributed by atoms with E-state index in [1.807, 2.05) is 0 Å². The first-order valence-electron chi connectivity index (χ1n) is 13.2. The minimum Gasteiger partial charge on any atom is -0.463 e. The SMILES string of the molecule is CC(=O)OC[C@H]1O[C@H](Oc2ccc(NC(=O)CC(OC(C)=O)c3cn[nH]n3)cc2)[C@H](OC(C)=O)[C@@H](OC(C)=O)[C@H]1OC(C)=O. The number of carbonyl (C=O) groups is 6. The van der Waals surface area contributed by atoms with Crippen LogP contribution in [-0.2, 0) is 57.2 Å². The number of hydrogen-bond acceptors (Lipinski definition) is 15. The summed E-state index contributed by atoms with van der Waals surface area (Å²) in [5.74, 6) is -3.90. The van der Waals surface area contributed by atoms with E-state index < -0.39 is 79.2 Å². The molecule has 17 nitrogen and oxygen atoms in total. The number of aromatic amines is 1. The van der Waals surface area contributed by atoms with E-state index in [1.165, 1.54) is 37.4 Å². The molecule has 1 amide bonds. The Kier molecular flexibility index (Phi) is 11.7. The van der Waals surface area contributed by atoms with Crippen molar-refractivity contribution in [3.8, 4) is 5.75 Å². The Hall–Kier alpha value is -5.06. The Morgan fingerprint density at radius 2 is 1.45 bits per heavy atom. The van der Waals surface area contributed by atoms with Gasteiger partial charge in [0.25, 0.3) is 0 Å². The van der Waals surface area contributed by atoms with Crippen LogP contribution in [0.4, 0.5) is 5.69 Å². The number of benzene rings is 1. The van der Waals surface area contributed by atoms with E-state index in [0.29, 0.717) is 5.69 Å². The number of nitrogens with one attached hydrogen (secondary N) is 2. The van der Waals surface area contributed by atoms with Gasteiger partial charge in [-0.05, 0) is 24.3 Å². The number of aromatic nitrogens is 3. The molecule has 2 N–H and O–H groups in total. The minimum absolute atomic E-state index is 0.171. The van der Waals surface area contributed by atoms with Crippen LogP contribution >= 0.6 is 0 Å². The molecule has 2 heterocycles. The van der Waals surface area contributed by atoms with E-state index in [0.717, 1.165) is 27.7 Å². The van der Waals surface area contributed by atoms with Crippen LogP contribution in [0.1, 0.15) is 52.8 Å². The van der Waals surface area contributed by atoms with Gasteiger partial charge in [-0.1, -0.05) is 0 Å². The Labute approximate surface area is 250 Å². The van der Waals surface area contributed by atoms with Gasteiger partial charge in [0.1, 0.15) is 24.2 Å². The number of rotatable bonds is 12. The van der Waals surface area contributed by atoms with E-state index >= 15 is 0 Å². The molecule has 0 spiro atoms. The normalized spacial score (nSPS) is 21.6.